The van der Waals surface area contributed by atoms with E-state index in [4.69, 9.17) is 4.74 Å². The molecule has 1 aromatic carbocycles. The minimum atomic E-state index is -2.32. The van der Waals surface area contributed by atoms with Crippen LogP contribution in [0.25, 0.3) is 0 Å². The summed E-state index contributed by atoms with van der Waals surface area (Å²) in [5.41, 5.74) is -5.05. The second kappa shape index (κ2) is 11.4. The van der Waals surface area contributed by atoms with Crippen molar-refractivity contribution in [2.24, 2.45) is 0 Å². The van der Waals surface area contributed by atoms with Gasteiger partial charge in [0, 0.05) is 19.2 Å². The quantitative estimate of drug-likeness (QED) is 0.215. The maximum absolute atomic E-state index is 12.8. The lowest BCUT2D eigenvalue weighted by Gasteiger charge is -2.59. The van der Waals surface area contributed by atoms with Crippen LogP contribution in [0, 0.1) is 0 Å². The fourth-order valence-electron chi connectivity index (χ4n) is 4.31. The molecular formula is C26H41N3O8. The van der Waals surface area contributed by atoms with Crippen LogP contribution in [0.2, 0.25) is 0 Å². The van der Waals surface area contributed by atoms with Gasteiger partial charge in [0.25, 0.3) is 5.91 Å². The number of carbonyl (C=O) groups excluding carboxylic acids is 3. The molecule has 1 saturated heterocycles. The van der Waals surface area contributed by atoms with Crippen LogP contribution in [-0.4, -0.2) is 79.4 Å². The Hall–Kier alpha value is -2.57. The number of benzene rings is 1. The molecule has 0 spiro atoms. The van der Waals surface area contributed by atoms with E-state index < -0.39 is 40.6 Å². The average molecular weight is 524 g/mol. The number of hydrogen-bond acceptors (Lipinski definition) is 8. The monoisotopic (exact) mass is 523 g/mol. The van der Waals surface area contributed by atoms with Crippen LogP contribution in [0.5, 0.6) is 0 Å². The number of rotatable bonds is 10. The van der Waals surface area contributed by atoms with Gasteiger partial charge in [0.1, 0.15) is 22.8 Å². The first-order valence-corrected chi connectivity index (χ1v) is 12.5. The number of ether oxygens (including phenoxy) is 1. The largest absolute Gasteiger partial charge is 0.384 e. The zero-order valence-electron chi connectivity index (χ0n) is 22.4. The number of anilines is 1. The van der Waals surface area contributed by atoms with Crippen LogP contribution < -0.4 is 16.0 Å². The van der Waals surface area contributed by atoms with Gasteiger partial charge in [-0.05, 0) is 71.1 Å². The van der Waals surface area contributed by atoms with Crippen molar-refractivity contribution in [3.63, 3.8) is 0 Å². The maximum atomic E-state index is 12.8. The lowest BCUT2D eigenvalue weighted by Crippen LogP contribution is -2.82. The lowest BCUT2D eigenvalue weighted by atomic mass is 9.65. The van der Waals surface area contributed by atoms with Gasteiger partial charge in [-0.25, -0.2) is 0 Å². The van der Waals surface area contributed by atoms with Crippen LogP contribution in [0.4, 0.5) is 5.69 Å². The topological polar surface area (TPSA) is 177 Å². The molecule has 37 heavy (non-hydrogen) atoms. The number of unbranched alkanes of at least 4 members (excludes halogenated alkanes) is 1. The Kier molecular flexibility index (Phi) is 9.48. The molecular weight excluding hydrogens is 482 g/mol. The van der Waals surface area contributed by atoms with Crippen molar-refractivity contribution in [3.8, 4) is 0 Å². The van der Waals surface area contributed by atoms with E-state index in [1.54, 1.807) is 12.1 Å². The van der Waals surface area contributed by atoms with E-state index in [0.29, 0.717) is 24.9 Å². The summed E-state index contributed by atoms with van der Waals surface area (Å²) in [7, 11) is 0. The molecule has 11 nitrogen and oxygen atoms in total. The van der Waals surface area contributed by atoms with Gasteiger partial charge in [-0.3, -0.25) is 14.4 Å². The summed E-state index contributed by atoms with van der Waals surface area (Å²) in [6, 6.07) is 6.66. The second-order valence-corrected chi connectivity index (χ2v) is 10.4. The summed E-state index contributed by atoms with van der Waals surface area (Å²) >= 11 is 0. The summed E-state index contributed by atoms with van der Waals surface area (Å²) in [5.74, 6) is -3.81. The van der Waals surface area contributed by atoms with Gasteiger partial charge < -0.3 is 41.1 Å². The fraction of sp³-hybridized carbons (Fsp3) is 0.654. The molecule has 3 amide bonds. The highest BCUT2D eigenvalue weighted by molar-refractivity contribution is 5.96. The molecule has 7 N–H and O–H groups in total. The van der Waals surface area contributed by atoms with E-state index in [0.717, 1.165) is 39.7 Å². The van der Waals surface area contributed by atoms with Gasteiger partial charge in [0.05, 0.1) is 0 Å². The number of aryl methyl sites for hydroxylation is 1. The van der Waals surface area contributed by atoms with E-state index in [9.17, 15) is 34.8 Å². The third-order valence-electron chi connectivity index (χ3n) is 7.48. The van der Waals surface area contributed by atoms with Crippen molar-refractivity contribution in [1.29, 1.82) is 0 Å². The first-order chi connectivity index (χ1) is 17.0. The molecule has 1 aromatic rings. The molecule has 11 heteroatoms. The SMILES string of the molecule is CCc1ccc(NC(=O)C(CCCCNC(=O)C2O[C@@](C)(O)C(C)(O)[C@](C)(O)[C@]2(C)O)NC(C)=O)cc1. The summed E-state index contributed by atoms with van der Waals surface area (Å²) in [5, 5.41) is 50.9. The minimum Gasteiger partial charge on any atom is -0.384 e. The van der Waals surface area contributed by atoms with Crippen molar-refractivity contribution >= 4 is 23.4 Å². The highest BCUT2D eigenvalue weighted by atomic mass is 16.7. The minimum absolute atomic E-state index is 0.141. The standard InChI is InChI=1S/C26H41N3O8/c1-7-17-11-13-18(14-12-17)29-21(31)19(28-16(2)30)10-8-9-15-27-22(32)20-23(3,33)24(4,34)25(5,35)26(6,36)37-20/h11-14,19-20,33-36H,7-10,15H2,1-6H3,(H,27,32)(H,28,30)(H,29,31)/t19?,20?,23-,24-,25?,26-/m1/s1. The predicted molar refractivity (Wildman–Crippen MR) is 136 cm³/mol. The van der Waals surface area contributed by atoms with Crippen LogP contribution >= 0.6 is 0 Å². The molecule has 0 aliphatic carbocycles. The maximum Gasteiger partial charge on any atom is 0.252 e. The smallest absolute Gasteiger partial charge is 0.252 e. The number of amides is 3. The van der Waals surface area contributed by atoms with Crippen molar-refractivity contribution in [3.05, 3.63) is 29.8 Å². The van der Waals surface area contributed by atoms with Crippen molar-refractivity contribution in [1.82, 2.24) is 10.6 Å². The van der Waals surface area contributed by atoms with E-state index in [1.807, 2.05) is 19.1 Å². The third-order valence-corrected chi connectivity index (χ3v) is 7.48. The van der Waals surface area contributed by atoms with Gasteiger partial charge in [-0.1, -0.05) is 19.1 Å². The Bertz CT molecular complexity index is 973. The molecule has 6 atom stereocenters. The Morgan fingerprint density at radius 1 is 0.973 bits per heavy atom. The van der Waals surface area contributed by atoms with Crippen molar-refractivity contribution < 1.29 is 39.5 Å². The number of hydrogen-bond donors (Lipinski definition) is 7. The normalized spacial score (nSPS) is 32.3. The van der Waals surface area contributed by atoms with Crippen LogP contribution in [0.15, 0.2) is 24.3 Å². The summed E-state index contributed by atoms with van der Waals surface area (Å²) < 4.78 is 5.33. The van der Waals surface area contributed by atoms with E-state index in [2.05, 4.69) is 16.0 Å². The first-order valence-electron chi connectivity index (χ1n) is 12.5. The van der Waals surface area contributed by atoms with Gasteiger partial charge >= 0.3 is 0 Å². The molecule has 0 radical (unpaired) electrons. The molecule has 0 aromatic heterocycles. The molecule has 1 fully saturated rings. The zero-order valence-corrected chi connectivity index (χ0v) is 22.4. The van der Waals surface area contributed by atoms with E-state index >= 15 is 0 Å². The molecule has 1 aliphatic heterocycles. The average Bonchev–Trinajstić information content (AvgIpc) is 2.80. The number of aliphatic hydroxyl groups is 4. The van der Waals surface area contributed by atoms with E-state index in [-0.39, 0.29) is 18.4 Å². The van der Waals surface area contributed by atoms with Crippen LogP contribution in [0.3, 0.4) is 0 Å². The highest BCUT2D eigenvalue weighted by Gasteiger charge is 2.71. The van der Waals surface area contributed by atoms with Gasteiger partial charge in [-0.15, -0.1) is 0 Å². The van der Waals surface area contributed by atoms with Crippen molar-refractivity contribution in [2.75, 3.05) is 11.9 Å². The van der Waals surface area contributed by atoms with Gasteiger partial charge in [0.15, 0.2) is 11.9 Å². The predicted octanol–water partition coefficient (Wildman–Crippen LogP) is 0.339. The Morgan fingerprint density at radius 2 is 1.57 bits per heavy atom. The molecule has 0 saturated carbocycles. The Labute approximate surface area is 217 Å². The lowest BCUT2D eigenvalue weighted by molar-refractivity contribution is -0.414. The van der Waals surface area contributed by atoms with Crippen molar-refractivity contribution in [2.45, 2.75) is 102 Å². The Morgan fingerprint density at radius 3 is 2.11 bits per heavy atom. The van der Waals surface area contributed by atoms with Gasteiger partial charge in [0.2, 0.25) is 11.8 Å². The zero-order chi connectivity index (χ0) is 28.2. The fourth-order valence-corrected chi connectivity index (χ4v) is 4.31. The Balaban J connectivity index is 1.92. The van der Waals surface area contributed by atoms with Crippen LogP contribution in [0.1, 0.15) is 66.4 Å². The summed E-state index contributed by atoms with van der Waals surface area (Å²) in [6.07, 6.45) is 0.426. The summed E-state index contributed by atoms with van der Waals surface area (Å²) in [6.45, 7) is 7.98. The van der Waals surface area contributed by atoms with E-state index in [1.165, 1.54) is 6.92 Å². The second-order valence-electron chi connectivity index (χ2n) is 10.4. The van der Waals surface area contributed by atoms with Gasteiger partial charge in [-0.2, -0.15) is 0 Å². The number of carbonyl (C=O) groups is 3. The number of nitrogens with one attached hydrogen (secondary N) is 3. The first kappa shape index (κ1) is 30.7. The van der Waals surface area contributed by atoms with Crippen LogP contribution in [-0.2, 0) is 25.5 Å². The molecule has 3 unspecified atom stereocenters. The molecule has 2 rings (SSSR count). The highest BCUT2D eigenvalue weighted by Crippen LogP contribution is 2.48. The molecule has 1 aliphatic rings. The summed E-state index contributed by atoms with van der Waals surface area (Å²) in [4.78, 5) is 37.1. The molecule has 0 bridgehead atoms. The molecule has 208 valence electrons. The molecule has 1 heterocycles. The third kappa shape index (κ3) is 6.47.